The third-order valence-corrected chi connectivity index (χ3v) is 4.18. The quantitative estimate of drug-likeness (QED) is 0.590. The lowest BCUT2D eigenvalue weighted by atomic mass is 10.0. The molecule has 0 amide bonds. The number of carboxylic acids is 1. The van der Waals surface area contributed by atoms with Crippen molar-refractivity contribution in [3.8, 4) is 17.0 Å². The highest BCUT2D eigenvalue weighted by Crippen LogP contribution is 2.36. The first-order chi connectivity index (χ1) is 10.5. The Bertz CT molecular complexity index is 894. The summed E-state index contributed by atoms with van der Waals surface area (Å²) >= 11 is 7.94. The molecule has 4 nitrogen and oxygen atoms in total. The van der Waals surface area contributed by atoms with Crippen molar-refractivity contribution in [2.24, 2.45) is 0 Å². The van der Waals surface area contributed by atoms with E-state index in [-0.39, 0.29) is 17.0 Å². The summed E-state index contributed by atoms with van der Waals surface area (Å²) in [4.78, 5) is 16.0. The molecule has 2 aromatic carbocycles. The number of carboxylic acid groups (broad SMARTS) is 1. The second-order valence-electron chi connectivity index (χ2n) is 4.66. The number of hydrogen-bond donors (Lipinski definition) is 2. The monoisotopic (exact) mass is 425 g/mol. The Balaban J connectivity index is 2.37. The zero-order valence-corrected chi connectivity index (χ0v) is 14.0. The van der Waals surface area contributed by atoms with Crippen LogP contribution < -0.4 is 0 Å². The van der Waals surface area contributed by atoms with Gasteiger partial charge in [-0.15, -0.1) is 0 Å². The molecule has 0 saturated carbocycles. The van der Waals surface area contributed by atoms with Gasteiger partial charge < -0.3 is 10.2 Å². The van der Waals surface area contributed by atoms with Crippen molar-refractivity contribution in [1.29, 1.82) is 0 Å². The van der Waals surface area contributed by atoms with Gasteiger partial charge in [0.05, 0.1) is 5.52 Å². The summed E-state index contributed by atoms with van der Waals surface area (Å²) in [6, 6.07) is 12.0. The van der Waals surface area contributed by atoms with Crippen molar-refractivity contribution in [3.63, 3.8) is 0 Å². The predicted octanol–water partition coefficient (Wildman–Crippen LogP) is 4.56. The fourth-order valence-electron chi connectivity index (χ4n) is 2.25. The summed E-state index contributed by atoms with van der Waals surface area (Å²) in [5.74, 6) is -1.54. The summed E-state index contributed by atoms with van der Waals surface area (Å²) in [6.07, 6.45) is 0. The molecular formula is C16H9ClINO3. The number of rotatable bonds is 2. The number of benzene rings is 2. The molecule has 0 unspecified atom stereocenters. The minimum Gasteiger partial charge on any atom is -0.505 e. The Morgan fingerprint density at radius 1 is 1.14 bits per heavy atom. The average molecular weight is 426 g/mol. The van der Waals surface area contributed by atoms with Gasteiger partial charge in [-0.1, -0.05) is 23.7 Å². The number of aromatic carboxylic acids is 1. The van der Waals surface area contributed by atoms with E-state index in [4.69, 9.17) is 11.6 Å². The summed E-state index contributed by atoms with van der Waals surface area (Å²) in [5, 5.41) is 20.8. The Kier molecular flexibility index (Phi) is 3.92. The SMILES string of the molecule is O=C(O)c1c(O)c(-c2ccc(Cl)cc2)nc2ccc(I)cc12. The fourth-order valence-corrected chi connectivity index (χ4v) is 2.87. The molecule has 0 atom stereocenters. The molecule has 1 aromatic heterocycles. The molecule has 0 saturated heterocycles. The van der Waals surface area contributed by atoms with Crippen LogP contribution >= 0.6 is 34.2 Å². The highest BCUT2D eigenvalue weighted by molar-refractivity contribution is 14.1. The Morgan fingerprint density at radius 2 is 1.82 bits per heavy atom. The fraction of sp³-hybridized carbons (Fsp3) is 0. The van der Waals surface area contributed by atoms with E-state index in [2.05, 4.69) is 27.6 Å². The highest BCUT2D eigenvalue weighted by atomic mass is 127. The summed E-state index contributed by atoms with van der Waals surface area (Å²) in [6.45, 7) is 0. The number of halogens is 2. The van der Waals surface area contributed by atoms with Crippen LogP contribution in [0.5, 0.6) is 5.75 Å². The summed E-state index contributed by atoms with van der Waals surface area (Å²) in [5.41, 5.74) is 1.20. The number of aromatic hydroxyl groups is 1. The highest BCUT2D eigenvalue weighted by Gasteiger charge is 2.20. The van der Waals surface area contributed by atoms with E-state index in [0.717, 1.165) is 3.57 Å². The van der Waals surface area contributed by atoms with Crippen molar-refractivity contribution >= 4 is 51.1 Å². The Labute approximate surface area is 144 Å². The van der Waals surface area contributed by atoms with Crippen molar-refractivity contribution in [2.75, 3.05) is 0 Å². The smallest absolute Gasteiger partial charge is 0.340 e. The molecule has 3 aromatic rings. The van der Waals surface area contributed by atoms with Crippen molar-refractivity contribution < 1.29 is 15.0 Å². The van der Waals surface area contributed by atoms with Gasteiger partial charge in [-0.2, -0.15) is 0 Å². The standard InChI is InChI=1S/C16H9ClINO3/c17-9-3-1-8(2-4-9)14-15(20)13(16(21)22)11-7-10(18)5-6-12(11)19-14/h1-7,20H,(H,21,22). The van der Waals surface area contributed by atoms with Crippen molar-refractivity contribution in [1.82, 2.24) is 4.98 Å². The Morgan fingerprint density at radius 3 is 2.45 bits per heavy atom. The lowest BCUT2D eigenvalue weighted by Crippen LogP contribution is -2.02. The summed E-state index contributed by atoms with van der Waals surface area (Å²) < 4.78 is 0.869. The third-order valence-electron chi connectivity index (χ3n) is 3.25. The van der Waals surface area contributed by atoms with Crippen LogP contribution in [0.25, 0.3) is 22.2 Å². The van der Waals surface area contributed by atoms with Gasteiger partial charge in [0.25, 0.3) is 0 Å². The number of carbonyl (C=O) groups is 1. The van der Waals surface area contributed by atoms with Crippen LogP contribution in [0.3, 0.4) is 0 Å². The van der Waals surface area contributed by atoms with Crippen LogP contribution in [-0.2, 0) is 0 Å². The van der Waals surface area contributed by atoms with Crippen molar-refractivity contribution in [3.05, 3.63) is 56.6 Å². The lowest BCUT2D eigenvalue weighted by molar-refractivity contribution is 0.0696. The minimum absolute atomic E-state index is 0.145. The molecule has 0 aliphatic carbocycles. The molecule has 1 heterocycles. The number of aromatic nitrogens is 1. The van der Waals surface area contributed by atoms with E-state index in [1.807, 2.05) is 6.07 Å². The van der Waals surface area contributed by atoms with Crippen LogP contribution in [0.4, 0.5) is 0 Å². The van der Waals surface area contributed by atoms with Crippen molar-refractivity contribution in [2.45, 2.75) is 0 Å². The second kappa shape index (κ2) is 5.73. The van der Waals surface area contributed by atoms with Crippen LogP contribution in [-0.4, -0.2) is 21.2 Å². The molecule has 0 aliphatic rings. The van der Waals surface area contributed by atoms with E-state index < -0.39 is 5.97 Å². The number of pyridine rings is 1. The molecule has 0 bridgehead atoms. The molecule has 3 rings (SSSR count). The molecule has 0 fully saturated rings. The number of nitrogens with zero attached hydrogens (tertiary/aromatic N) is 1. The van der Waals surface area contributed by atoms with E-state index in [0.29, 0.717) is 21.5 Å². The number of fused-ring (bicyclic) bond motifs is 1. The second-order valence-corrected chi connectivity index (χ2v) is 6.34. The first-order valence-corrected chi connectivity index (χ1v) is 7.74. The number of hydrogen-bond acceptors (Lipinski definition) is 3. The van der Waals surface area contributed by atoms with Gasteiger partial charge in [0.2, 0.25) is 0 Å². The van der Waals surface area contributed by atoms with Gasteiger partial charge in [-0.3, -0.25) is 0 Å². The average Bonchev–Trinajstić information content (AvgIpc) is 2.47. The first kappa shape index (κ1) is 15.1. The van der Waals surface area contributed by atoms with E-state index >= 15 is 0 Å². The topological polar surface area (TPSA) is 70.4 Å². The summed E-state index contributed by atoms with van der Waals surface area (Å²) in [7, 11) is 0. The maximum Gasteiger partial charge on any atom is 0.340 e. The Hall–Kier alpha value is -1.86. The maximum atomic E-state index is 11.6. The zero-order chi connectivity index (χ0) is 15.9. The largest absolute Gasteiger partial charge is 0.505 e. The zero-order valence-electron chi connectivity index (χ0n) is 11.0. The van der Waals surface area contributed by atoms with Crippen LogP contribution in [0, 0.1) is 3.57 Å². The molecule has 2 N–H and O–H groups in total. The molecule has 110 valence electrons. The molecule has 0 radical (unpaired) electrons. The van der Waals surface area contributed by atoms with Gasteiger partial charge >= 0.3 is 5.97 Å². The van der Waals surface area contributed by atoms with Gasteiger partial charge in [-0.05, 0) is 52.9 Å². The van der Waals surface area contributed by atoms with Crippen LogP contribution in [0.1, 0.15) is 10.4 Å². The third kappa shape index (κ3) is 2.62. The molecular weight excluding hydrogens is 417 g/mol. The minimum atomic E-state index is -1.19. The van der Waals surface area contributed by atoms with Gasteiger partial charge in [0, 0.05) is 19.5 Å². The predicted molar refractivity (Wildman–Crippen MR) is 93.5 cm³/mol. The molecule has 22 heavy (non-hydrogen) atoms. The normalized spacial score (nSPS) is 10.8. The first-order valence-electron chi connectivity index (χ1n) is 6.29. The molecule has 0 aliphatic heterocycles. The van der Waals surface area contributed by atoms with E-state index in [1.54, 1.807) is 36.4 Å². The lowest BCUT2D eigenvalue weighted by Gasteiger charge is -2.11. The van der Waals surface area contributed by atoms with Gasteiger partial charge in [0.15, 0.2) is 5.75 Å². The van der Waals surface area contributed by atoms with Crippen LogP contribution in [0.15, 0.2) is 42.5 Å². The van der Waals surface area contributed by atoms with E-state index in [9.17, 15) is 15.0 Å². The van der Waals surface area contributed by atoms with E-state index in [1.165, 1.54) is 0 Å². The molecule has 6 heteroatoms. The molecule has 0 spiro atoms. The van der Waals surface area contributed by atoms with Gasteiger partial charge in [-0.25, -0.2) is 9.78 Å². The van der Waals surface area contributed by atoms with Crippen LogP contribution in [0.2, 0.25) is 5.02 Å². The van der Waals surface area contributed by atoms with Gasteiger partial charge in [0.1, 0.15) is 11.3 Å². The maximum absolute atomic E-state index is 11.6.